The Morgan fingerprint density at radius 1 is 1.16 bits per heavy atom. The van der Waals surface area contributed by atoms with Crippen LogP contribution < -0.4 is 14.2 Å². The van der Waals surface area contributed by atoms with Crippen molar-refractivity contribution >= 4 is 11.8 Å². The van der Waals surface area contributed by atoms with Gasteiger partial charge in [-0.2, -0.15) is 0 Å². The van der Waals surface area contributed by atoms with E-state index >= 15 is 0 Å². The minimum absolute atomic E-state index is 0.0561. The van der Waals surface area contributed by atoms with E-state index in [0.717, 1.165) is 0 Å². The van der Waals surface area contributed by atoms with Crippen molar-refractivity contribution in [2.75, 3.05) is 27.9 Å². The lowest BCUT2D eigenvalue weighted by Gasteiger charge is -2.22. The molecule has 25 heavy (non-hydrogen) atoms. The van der Waals surface area contributed by atoms with Crippen molar-refractivity contribution in [3.63, 3.8) is 0 Å². The molecular formula is C18H22O7. The molecular weight excluding hydrogens is 328 g/mol. The van der Waals surface area contributed by atoms with E-state index in [-0.39, 0.29) is 36.5 Å². The number of carboxylic acids is 1. The number of terminal acetylenes is 1. The van der Waals surface area contributed by atoms with Crippen LogP contribution in [0.1, 0.15) is 41.8 Å². The molecule has 0 unspecified atom stereocenters. The maximum absolute atomic E-state index is 12.7. The average Bonchev–Trinajstić information content (AvgIpc) is 2.61. The highest BCUT2D eigenvalue weighted by atomic mass is 16.5. The number of Topliss-reactive ketones (excluding diaryl/α,β-unsaturated/α-hetero) is 1. The Morgan fingerprint density at radius 2 is 1.80 bits per heavy atom. The second-order valence-corrected chi connectivity index (χ2v) is 5.08. The first-order valence-electron chi connectivity index (χ1n) is 7.54. The lowest BCUT2D eigenvalue weighted by atomic mass is 9.95. The van der Waals surface area contributed by atoms with E-state index in [9.17, 15) is 9.59 Å². The first-order chi connectivity index (χ1) is 11.9. The number of aliphatic carboxylic acids is 1. The van der Waals surface area contributed by atoms with Crippen LogP contribution in [0.15, 0.2) is 6.07 Å². The zero-order valence-corrected chi connectivity index (χ0v) is 14.8. The van der Waals surface area contributed by atoms with Gasteiger partial charge in [0.05, 0.1) is 39.4 Å². The van der Waals surface area contributed by atoms with Crippen LogP contribution in [0.5, 0.6) is 17.2 Å². The number of hydrogen-bond acceptors (Lipinski definition) is 6. The second-order valence-electron chi connectivity index (χ2n) is 5.08. The van der Waals surface area contributed by atoms with E-state index in [2.05, 4.69) is 5.92 Å². The summed E-state index contributed by atoms with van der Waals surface area (Å²) in [6.45, 7) is 1.78. The van der Waals surface area contributed by atoms with E-state index < -0.39 is 17.9 Å². The Morgan fingerprint density at radius 3 is 2.28 bits per heavy atom. The van der Waals surface area contributed by atoms with E-state index in [1.54, 1.807) is 13.0 Å². The van der Waals surface area contributed by atoms with Gasteiger partial charge in [0.25, 0.3) is 0 Å². The summed E-state index contributed by atoms with van der Waals surface area (Å²) in [7, 11) is 4.27. The van der Waals surface area contributed by atoms with Gasteiger partial charge in [-0.05, 0) is 18.6 Å². The predicted octanol–water partition coefficient (Wildman–Crippen LogP) is 2.47. The van der Waals surface area contributed by atoms with Gasteiger partial charge in [0.1, 0.15) is 6.61 Å². The normalized spacial score (nSPS) is 11.3. The Hall–Kier alpha value is -2.72. The molecule has 0 fully saturated rings. The molecule has 0 radical (unpaired) electrons. The second kappa shape index (κ2) is 9.55. The van der Waals surface area contributed by atoms with Crippen molar-refractivity contribution < 1.29 is 33.6 Å². The summed E-state index contributed by atoms with van der Waals surface area (Å²) in [6, 6.07) is 1.61. The van der Waals surface area contributed by atoms with Crippen LogP contribution in [0.25, 0.3) is 0 Å². The Labute approximate surface area is 146 Å². The highest BCUT2D eigenvalue weighted by molar-refractivity contribution is 6.02. The quantitative estimate of drug-likeness (QED) is 0.512. The summed E-state index contributed by atoms with van der Waals surface area (Å²) < 4.78 is 21.5. The van der Waals surface area contributed by atoms with Crippen LogP contribution in [-0.2, 0) is 9.53 Å². The lowest BCUT2D eigenvalue weighted by molar-refractivity contribution is -0.136. The number of methoxy groups -OCH3 is 3. The number of ether oxygens (including phenoxy) is 4. The fourth-order valence-electron chi connectivity index (χ4n) is 2.39. The van der Waals surface area contributed by atoms with Crippen LogP contribution in [0.3, 0.4) is 0 Å². The van der Waals surface area contributed by atoms with Gasteiger partial charge >= 0.3 is 5.97 Å². The van der Waals surface area contributed by atoms with Crippen molar-refractivity contribution in [1.82, 2.24) is 0 Å². The van der Waals surface area contributed by atoms with Crippen LogP contribution in [0, 0.1) is 12.3 Å². The van der Waals surface area contributed by atoms with Gasteiger partial charge in [-0.3, -0.25) is 9.59 Å². The first kappa shape index (κ1) is 20.3. The monoisotopic (exact) mass is 350 g/mol. The van der Waals surface area contributed by atoms with Gasteiger partial charge in [0, 0.05) is 6.42 Å². The van der Waals surface area contributed by atoms with Crippen molar-refractivity contribution in [1.29, 1.82) is 0 Å². The number of carbonyl (C=O) groups excluding carboxylic acids is 1. The molecule has 0 heterocycles. The molecule has 0 saturated carbocycles. The zero-order valence-electron chi connectivity index (χ0n) is 14.8. The van der Waals surface area contributed by atoms with Gasteiger partial charge in [0.2, 0.25) is 5.75 Å². The molecule has 0 aliphatic heterocycles. The molecule has 7 nitrogen and oxygen atoms in total. The summed E-state index contributed by atoms with van der Waals surface area (Å²) in [5.41, 5.74) is 0.686. The summed E-state index contributed by atoms with van der Waals surface area (Å²) in [6.07, 6.45) is 4.20. The van der Waals surface area contributed by atoms with E-state index in [4.69, 9.17) is 30.5 Å². The van der Waals surface area contributed by atoms with Crippen LogP contribution in [0.4, 0.5) is 0 Å². The molecule has 0 aliphatic rings. The van der Waals surface area contributed by atoms with Crippen LogP contribution in [0.2, 0.25) is 0 Å². The minimum Gasteiger partial charge on any atom is -0.493 e. The van der Waals surface area contributed by atoms with Gasteiger partial charge in [0.15, 0.2) is 17.3 Å². The molecule has 0 amide bonds. The first-order valence-corrected chi connectivity index (χ1v) is 7.54. The smallest absolute Gasteiger partial charge is 0.303 e. The SMILES string of the molecule is C#CCO[C@H](C)c1cc(OC)c(OC)c(OC)c1C(=O)CCC(=O)O. The molecule has 0 aliphatic carbocycles. The Kier molecular flexibility index (Phi) is 7.76. The van der Waals surface area contributed by atoms with Crippen molar-refractivity contribution in [2.45, 2.75) is 25.9 Å². The molecule has 0 aromatic heterocycles. The summed E-state index contributed by atoms with van der Waals surface area (Å²) in [4.78, 5) is 23.5. The summed E-state index contributed by atoms with van der Waals surface area (Å²) >= 11 is 0. The number of carbonyl (C=O) groups is 2. The number of hydrogen-bond donors (Lipinski definition) is 1. The number of benzene rings is 1. The molecule has 1 rings (SSSR count). The van der Waals surface area contributed by atoms with E-state index in [1.807, 2.05) is 0 Å². The van der Waals surface area contributed by atoms with Crippen LogP contribution in [-0.4, -0.2) is 44.8 Å². The topological polar surface area (TPSA) is 91.3 Å². The van der Waals surface area contributed by atoms with Gasteiger partial charge in [-0.15, -0.1) is 6.42 Å². The third-order valence-electron chi connectivity index (χ3n) is 3.56. The van der Waals surface area contributed by atoms with Gasteiger partial charge < -0.3 is 24.1 Å². The van der Waals surface area contributed by atoms with Crippen LogP contribution >= 0.6 is 0 Å². The fraction of sp³-hybridized carbons (Fsp3) is 0.444. The maximum atomic E-state index is 12.7. The Balaban J connectivity index is 3.52. The molecule has 7 heteroatoms. The van der Waals surface area contributed by atoms with Crippen molar-refractivity contribution in [3.8, 4) is 29.6 Å². The largest absolute Gasteiger partial charge is 0.493 e. The zero-order chi connectivity index (χ0) is 19.0. The molecule has 1 aromatic rings. The van der Waals surface area contributed by atoms with E-state index in [0.29, 0.717) is 11.3 Å². The van der Waals surface area contributed by atoms with E-state index in [1.165, 1.54) is 21.3 Å². The molecule has 0 spiro atoms. The molecule has 1 N–H and O–H groups in total. The average molecular weight is 350 g/mol. The summed E-state index contributed by atoms with van der Waals surface area (Å²) in [5, 5.41) is 8.84. The molecule has 0 bridgehead atoms. The highest BCUT2D eigenvalue weighted by Gasteiger charge is 2.28. The number of carboxylic acid groups (broad SMARTS) is 1. The van der Waals surface area contributed by atoms with Crippen molar-refractivity contribution in [3.05, 3.63) is 17.2 Å². The molecule has 136 valence electrons. The highest BCUT2D eigenvalue weighted by Crippen LogP contribution is 2.44. The lowest BCUT2D eigenvalue weighted by Crippen LogP contribution is -2.13. The number of rotatable bonds is 10. The fourth-order valence-corrected chi connectivity index (χ4v) is 2.39. The number of ketones is 1. The molecule has 0 saturated heterocycles. The van der Waals surface area contributed by atoms with Gasteiger partial charge in [-0.1, -0.05) is 5.92 Å². The van der Waals surface area contributed by atoms with Gasteiger partial charge in [-0.25, -0.2) is 0 Å². The minimum atomic E-state index is -1.06. The predicted molar refractivity (Wildman–Crippen MR) is 90.5 cm³/mol. The maximum Gasteiger partial charge on any atom is 0.303 e. The molecule has 1 atom stereocenters. The standard InChI is InChI=1S/C18H22O7/c1-6-9-25-11(2)12-10-14(22-3)17(23-4)18(24-5)16(12)13(19)7-8-15(20)21/h1,10-11H,7-9H2,2-5H3,(H,20,21)/t11-/m1/s1. The Bertz CT molecular complexity index is 673. The third-order valence-corrected chi connectivity index (χ3v) is 3.56. The van der Waals surface area contributed by atoms with Crippen molar-refractivity contribution in [2.24, 2.45) is 0 Å². The molecule has 1 aromatic carbocycles. The summed E-state index contributed by atoms with van der Waals surface area (Å²) in [5.74, 6) is 1.68. The third kappa shape index (κ3) is 4.88.